The van der Waals surface area contributed by atoms with Gasteiger partial charge in [0.15, 0.2) is 0 Å². The van der Waals surface area contributed by atoms with Gasteiger partial charge in [-0.2, -0.15) is 13.2 Å². The van der Waals surface area contributed by atoms with Crippen molar-refractivity contribution in [1.82, 2.24) is 10.2 Å². The summed E-state index contributed by atoms with van der Waals surface area (Å²) in [6.07, 6.45) is -3.63. The van der Waals surface area contributed by atoms with Crippen molar-refractivity contribution in [1.29, 1.82) is 0 Å². The summed E-state index contributed by atoms with van der Waals surface area (Å²) in [5.41, 5.74) is 0. The van der Waals surface area contributed by atoms with Gasteiger partial charge >= 0.3 is 6.18 Å². The smallest absolute Gasteiger partial charge is 0.326 e. The number of rotatable bonds is 5. The van der Waals surface area contributed by atoms with Crippen LogP contribution in [0.5, 0.6) is 0 Å². The van der Waals surface area contributed by atoms with Crippen LogP contribution in [0.2, 0.25) is 0 Å². The van der Waals surface area contributed by atoms with Gasteiger partial charge in [-0.15, -0.1) is 0 Å². The van der Waals surface area contributed by atoms with Gasteiger partial charge in [-0.25, -0.2) is 0 Å². The molecule has 100 valence electrons. The van der Waals surface area contributed by atoms with E-state index in [1.54, 1.807) is 11.8 Å². The second-order valence-electron chi connectivity index (χ2n) is 4.42. The number of carbonyl (C=O) groups excluding carboxylic acids is 1. The van der Waals surface area contributed by atoms with Crippen molar-refractivity contribution < 1.29 is 18.0 Å². The highest BCUT2D eigenvalue weighted by Gasteiger charge is 2.34. The van der Waals surface area contributed by atoms with Crippen LogP contribution < -0.4 is 5.32 Å². The van der Waals surface area contributed by atoms with Crippen LogP contribution in [0.25, 0.3) is 0 Å². The van der Waals surface area contributed by atoms with E-state index in [0.717, 1.165) is 6.42 Å². The van der Waals surface area contributed by atoms with E-state index in [1.807, 2.05) is 6.92 Å². The Morgan fingerprint density at radius 1 is 1.35 bits per heavy atom. The summed E-state index contributed by atoms with van der Waals surface area (Å²) in [6.45, 7) is 4.14. The van der Waals surface area contributed by atoms with Crippen molar-refractivity contribution in [3.63, 3.8) is 0 Å². The number of alkyl halides is 3. The maximum absolute atomic E-state index is 11.9. The highest BCUT2D eigenvalue weighted by atomic mass is 19.4. The minimum Gasteiger partial charge on any atom is -0.326 e. The molecule has 0 bridgehead atoms. The monoisotopic (exact) mass is 252 g/mol. The first-order valence-corrected chi connectivity index (χ1v) is 5.98. The molecule has 1 N–H and O–H groups in total. The molecule has 2 unspecified atom stereocenters. The van der Waals surface area contributed by atoms with E-state index in [2.05, 4.69) is 5.32 Å². The lowest BCUT2D eigenvalue weighted by molar-refractivity contribution is -0.136. The third-order valence-corrected chi connectivity index (χ3v) is 2.97. The van der Waals surface area contributed by atoms with Gasteiger partial charge < -0.3 is 4.90 Å². The number of hydrogen-bond donors (Lipinski definition) is 1. The number of nitrogens with one attached hydrogen (secondary N) is 1. The van der Waals surface area contributed by atoms with Crippen molar-refractivity contribution in [3.8, 4) is 0 Å². The molecule has 0 aromatic rings. The van der Waals surface area contributed by atoms with Gasteiger partial charge in [0.05, 0.1) is 12.2 Å². The second-order valence-corrected chi connectivity index (χ2v) is 4.42. The maximum Gasteiger partial charge on any atom is 0.389 e. The maximum atomic E-state index is 11.9. The lowest BCUT2D eigenvalue weighted by Gasteiger charge is -2.23. The molecule has 0 spiro atoms. The molecule has 0 radical (unpaired) electrons. The van der Waals surface area contributed by atoms with Crippen LogP contribution in [0.4, 0.5) is 13.2 Å². The number of unbranched alkanes of at least 4 members (excludes halogenated alkanes) is 1. The third-order valence-electron chi connectivity index (χ3n) is 2.97. The zero-order valence-electron chi connectivity index (χ0n) is 10.2. The molecule has 0 aromatic carbocycles. The summed E-state index contributed by atoms with van der Waals surface area (Å²) in [7, 11) is 0. The van der Waals surface area contributed by atoms with Crippen molar-refractivity contribution in [2.45, 2.75) is 57.9 Å². The molecule has 3 nitrogen and oxygen atoms in total. The Morgan fingerprint density at radius 3 is 2.53 bits per heavy atom. The lowest BCUT2D eigenvalue weighted by atomic mass is 10.2. The number of halogens is 3. The van der Waals surface area contributed by atoms with E-state index >= 15 is 0 Å². The number of amides is 1. The Hall–Kier alpha value is -0.780. The number of hydrogen-bond acceptors (Lipinski definition) is 2. The summed E-state index contributed by atoms with van der Waals surface area (Å²) in [5, 5.41) is 3.11. The molecule has 1 heterocycles. The Labute approximate surface area is 99.4 Å². The fourth-order valence-electron chi connectivity index (χ4n) is 2.06. The molecule has 1 aliphatic rings. The number of carbonyl (C=O) groups is 1. The molecular weight excluding hydrogens is 233 g/mol. The van der Waals surface area contributed by atoms with E-state index in [1.165, 1.54) is 0 Å². The fourth-order valence-corrected chi connectivity index (χ4v) is 2.06. The predicted molar refractivity (Wildman–Crippen MR) is 58.3 cm³/mol. The average molecular weight is 252 g/mol. The lowest BCUT2D eigenvalue weighted by Crippen LogP contribution is -2.37. The van der Waals surface area contributed by atoms with E-state index in [-0.39, 0.29) is 24.5 Å². The molecule has 0 saturated carbocycles. The molecule has 1 fully saturated rings. The van der Waals surface area contributed by atoms with E-state index < -0.39 is 12.6 Å². The molecule has 1 amide bonds. The molecule has 17 heavy (non-hydrogen) atoms. The summed E-state index contributed by atoms with van der Waals surface area (Å²) in [6, 6.07) is -0.220. The summed E-state index contributed by atoms with van der Waals surface area (Å²) < 4.78 is 35.8. The van der Waals surface area contributed by atoms with Crippen LogP contribution >= 0.6 is 0 Å². The van der Waals surface area contributed by atoms with Gasteiger partial charge in [-0.3, -0.25) is 10.1 Å². The standard InChI is InChI=1S/C11H19F3N2O/c1-3-9-15-8(2)10(17)16(9)7-5-4-6-11(12,13)14/h8-9,15H,3-7H2,1-2H3. The molecule has 1 saturated heterocycles. The molecule has 2 atom stereocenters. The molecular formula is C11H19F3N2O. The first-order valence-electron chi connectivity index (χ1n) is 5.98. The van der Waals surface area contributed by atoms with Gasteiger partial charge in [0, 0.05) is 13.0 Å². The summed E-state index contributed by atoms with van der Waals surface area (Å²) in [4.78, 5) is 13.4. The average Bonchev–Trinajstić information content (AvgIpc) is 2.49. The quantitative estimate of drug-likeness (QED) is 0.761. The van der Waals surface area contributed by atoms with Gasteiger partial charge in [-0.05, 0) is 26.2 Å². The fraction of sp³-hybridized carbons (Fsp3) is 0.909. The minimum atomic E-state index is -4.09. The van der Waals surface area contributed by atoms with Crippen LogP contribution in [-0.2, 0) is 4.79 Å². The van der Waals surface area contributed by atoms with E-state index in [9.17, 15) is 18.0 Å². The van der Waals surface area contributed by atoms with Crippen molar-refractivity contribution in [2.24, 2.45) is 0 Å². The van der Waals surface area contributed by atoms with Gasteiger partial charge in [0.25, 0.3) is 0 Å². The van der Waals surface area contributed by atoms with E-state index in [0.29, 0.717) is 13.0 Å². The Morgan fingerprint density at radius 2 is 2.00 bits per heavy atom. The van der Waals surface area contributed by atoms with Crippen molar-refractivity contribution in [2.75, 3.05) is 6.54 Å². The zero-order valence-corrected chi connectivity index (χ0v) is 10.2. The topological polar surface area (TPSA) is 32.3 Å². The van der Waals surface area contributed by atoms with Gasteiger partial charge in [0.2, 0.25) is 5.91 Å². The van der Waals surface area contributed by atoms with Gasteiger partial charge in [-0.1, -0.05) is 6.92 Å². The zero-order chi connectivity index (χ0) is 13.1. The van der Waals surface area contributed by atoms with Crippen molar-refractivity contribution >= 4 is 5.91 Å². The third kappa shape index (κ3) is 4.18. The molecule has 6 heteroatoms. The molecule has 1 aliphatic heterocycles. The van der Waals surface area contributed by atoms with Crippen LogP contribution in [0.15, 0.2) is 0 Å². The first-order chi connectivity index (χ1) is 7.85. The Bertz CT molecular complexity index is 268. The molecule has 1 rings (SSSR count). The van der Waals surface area contributed by atoms with Gasteiger partial charge in [0.1, 0.15) is 0 Å². The Balaban J connectivity index is 2.33. The highest BCUT2D eigenvalue weighted by Crippen LogP contribution is 2.23. The SMILES string of the molecule is CCC1NC(C)C(=O)N1CCCCC(F)(F)F. The van der Waals surface area contributed by atoms with E-state index in [4.69, 9.17) is 0 Å². The molecule has 0 aliphatic carbocycles. The van der Waals surface area contributed by atoms with Crippen LogP contribution in [0, 0.1) is 0 Å². The van der Waals surface area contributed by atoms with Crippen LogP contribution in [-0.4, -0.2) is 35.7 Å². The predicted octanol–water partition coefficient (Wildman–Crippen LogP) is 2.28. The van der Waals surface area contributed by atoms with Crippen LogP contribution in [0.3, 0.4) is 0 Å². The second kappa shape index (κ2) is 5.71. The minimum absolute atomic E-state index is 0.0103. The number of nitrogens with zero attached hydrogens (tertiary/aromatic N) is 1. The Kier molecular flexibility index (Phi) is 4.80. The highest BCUT2D eigenvalue weighted by molar-refractivity contribution is 5.83. The summed E-state index contributed by atoms with van der Waals surface area (Å²) in [5.74, 6) is -0.0103. The molecule has 0 aromatic heterocycles. The first kappa shape index (κ1) is 14.3. The largest absolute Gasteiger partial charge is 0.389 e. The van der Waals surface area contributed by atoms with Crippen LogP contribution in [0.1, 0.15) is 39.5 Å². The summed E-state index contributed by atoms with van der Waals surface area (Å²) >= 11 is 0. The van der Waals surface area contributed by atoms with Crippen molar-refractivity contribution in [3.05, 3.63) is 0 Å². The normalized spacial score (nSPS) is 25.7.